The molecule has 4 rings (SSSR count). The number of carbonyl (C=O) groups is 1. The summed E-state index contributed by atoms with van der Waals surface area (Å²) in [5.41, 5.74) is 1.84. The van der Waals surface area contributed by atoms with E-state index in [1.165, 1.54) is 18.5 Å². The lowest BCUT2D eigenvalue weighted by Gasteiger charge is -2.16. The summed E-state index contributed by atoms with van der Waals surface area (Å²) in [6.07, 6.45) is 0.586. The van der Waals surface area contributed by atoms with Crippen molar-refractivity contribution in [2.24, 2.45) is 13.0 Å². The van der Waals surface area contributed by atoms with Crippen molar-refractivity contribution in [2.45, 2.75) is 19.5 Å². The smallest absolute Gasteiger partial charge is 0.405 e. The van der Waals surface area contributed by atoms with Gasteiger partial charge in [0, 0.05) is 31.8 Å². The van der Waals surface area contributed by atoms with Gasteiger partial charge in [-0.1, -0.05) is 13.5 Å². The van der Waals surface area contributed by atoms with Crippen molar-refractivity contribution in [3.8, 4) is 11.5 Å². The van der Waals surface area contributed by atoms with Gasteiger partial charge in [0.05, 0.1) is 11.9 Å². The Bertz CT molecular complexity index is 1180. The summed E-state index contributed by atoms with van der Waals surface area (Å²) in [6.45, 7) is 5.37. The first-order valence-electron chi connectivity index (χ1n) is 10.1. The van der Waals surface area contributed by atoms with Gasteiger partial charge in [0.2, 0.25) is 11.8 Å². The molecule has 174 valence electrons. The van der Waals surface area contributed by atoms with Crippen LogP contribution in [0.25, 0.3) is 17.2 Å². The largest absolute Gasteiger partial charge is 0.444 e. The minimum absolute atomic E-state index is 0.00575. The van der Waals surface area contributed by atoms with E-state index in [0.717, 1.165) is 0 Å². The molecule has 0 aliphatic carbocycles. The van der Waals surface area contributed by atoms with Gasteiger partial charge < -0.3 is 15.1 Å². The van der Waals surface area contributed by atoms with Crippen LogP contribution in [0.1, 0.15) is 19.0 Å². The summed E-state index contributed by atoms with van der Waals surface area (Å²) < 4.78 is 44.4. The van der Waals surface area contributed by atoms with E-state index in [-0.39, 0.29) is 23.5 Å². The molecule has 0 saturated carbocycles. The number of halogens is 3. The molecule has 12 heteroatoms. The second-order valence-corrected chi connectivity index (χ2v) is 7.89. The number of amides is 1. The number of aryl methyl sites for hydroxylation is 1. The SMILES string of the molecule is C=C(Nc1cn(C)nc1N1CC(C)CC1=O)c1coc(-c2ccnc(NCC(F)(F)F)c2)n1. The molecule has 0 aromatic carbocycles. The minimum atomic E-state index is -4.36. The maximum Gasteiger partial charge on any atom is 0.405 e. The van der Waals surface area contributed by atoms with E-state index in [4.69, 9.17) is 4.42 Å². The molecule has 4 heterocycles. The molecule has 9 nitrogen and oxygen atoms in total. The Morgan fingerprint density at radius 2 is 2.18 bits per heavy atom. The van der Waals surface area contributed by atoms with E-state index in [0.29, 0.717) is 41.4 Å². The lowest BCUT2D eigenvalue weighted by atomic mass is 10.2. The number of alkyl halides is 3. The molecule has 3 aromatic heterocycles. The van der Waals surface area contributed by atoms with Gasteiger partial charge >= 0.3 is 6.18 Å². The maximum absolute atomic E-state index is 12.4. The van der Waals surface area contributed by atoms with Crippen molar-refractivity contribution in [1.29, 1.82) is 0 Å². The van der Waals surface area contributed by atoms with Crippen molar-refractivity contribution in [3.05, 3.63) is 43.1 Å². The Kier molecular flexibility index (Phi) is 5.83. The van der Waals surface area contributed by atoms with Gasteiger partial charge in [-0.3, -0.25) is 14.4 Å². The highest BCUT2D eigenvalue weighted by molar-refractivity contribution is 5.98. The molecule has 1 aliphatic rings. The summed E-state index contributed by atoms with van der Waals surface area (Å²) in [4.78, 5) is 22.2. The number of nitrogens with one attached hydrogen (secondary N) is 2. The average molecular weight is 461 g/mol. The third kappa shape index (κ3) is 5.16. The lowest BCUT2D eigenvalue weighted by Crippen LogP contribution is -2.25. The number of carbonyl (C=O) groups excluding carboxylic acids is 1. The minimum Gasteiger partial charge on any atom is -0.444 e. The average Bonchev–Trinajstić information content (AvgIpc) is 3.45. The third-order valence-corrected chi connectivity index (χ3v) is 4.96. The summed E-state index contributed by atoms with van der Waals surface area (Å²) in [7, 11) is 1.75. The molecule has 1 saturated heterocycles. The lowest BCUT2D eigenvalue weighted by molar-refractivity contribution is -0.117. The van der Waals surface area contributed by atoms with Gasteiger partial charge in [0.1, 0.15) is 30.0 Å². The van der Waals surface area contributed by atoms with Crippen molar-refractivity contribution in [1.82, 2.24) is 19.7 Å². The van der Waals surface area contributed by atoms with Gasteiger partial charge in [-0.2, -0.15) is 18.3 Å². The van der Waals surface area contributed by atoms with Gasteiger partial charge in [-0.25, -0.2) is 9.97 Å². The fraction of sp³-hybridized carbons (Fsp3) is 0.333. The fourth-order valence-electron chi connectivity index (χ4n) is 3.48. The van der Waals surface area contributed by atoms with Crippen molar-refractivity contribution >= 4 is 28.9 Å². The zero-order valence-electron chi connectivity index (χ0n) is 18.0. The highest BCUT2D eigenvalue weighted by atomic mass is 19.4. The van der Waals surface area contributed by atoms with E-state index in [1.54, 1.807) is 28.9 Å². The molecule has 1 aliphatic heterocycles. The summed E-state index contributed by atoms with van der Waals surface area (Å²) in [6, 6.07) is 2.99. The molecule has 1 fully saturated rings. The molecule has 3 aromatic rings. The first-order chi connectivity index (χ1) is 15.6. The molecule has 1 amide bonds. The van der Waals surface area contributed by atoms with Gasteiger partial charge in [-0.15, -0.1) is 0 Å². The highest BCUT2D eigenvalue weighted by Gasteiger charge is 2.31. The summed E-state index contributed by atoms with van der Waals surface area (Å²) in [5.74, 6) is 0.994. The Morgan fingerprint density at radius 3 is 2.88 bits per heavy atom. The van der Waals surface area contributed by atoms with Crippen LogP contribution in [0, 0.1) is 5.92 Å². The maximum atomic E-state index is 12.4. The number of rotatable bonds is 7. The Balaban J connectivity index is 1.49. The molecule has 1 atom stereocenters. The van der Waals surface area contributed by atoms with E-state index >= 15 is 0 Å². The number of hydrogen-bond donors (Lipinski definition) is 2. The molecule has 0 spiro atoms. The van der Waals surface area contributed by atoms with Crippen LogP contribution in [0.2, 0.25) is 0 Å². The van der Waals surface area contributed by atoms with Crippen LogP contribution in [-0.4, -0.2) is 44.9 Å². The van der Waals surface area contributed by atoms with Crippen LogP contribution in [0.4, 0.5) is 30.5 Å². The van der Waals surface area contributed by atoms with Crippen molar-refractivity contribution in [2.75, 3.05) is 28.6 Å². The first kappa shape index (κ1) is 22.4. The van der Waals surface area contributed by atoms with Crippen molar-refractivity contribution < 1.29 is 22.4 Å². The highest BCUT2D eigenvalue weighted by Crippen LogP contribution is 2.32. The number of nitrogens with zero attached hydrogens (tertiary/aromatic N) is 5. The van der Waals surface area contributed by atoms with E-state index in [9.17, 15) is 18.0 Å². The quantitative estimate of drug-likeness (QED) is 0.550. The van der Waals surface area contributed by atoms with Crippen molar-refractivity contribution in [3.63, 3.8) is 0 Å². The molecule has 2 N–H and O–H groups in total. The monoisotopic (exact) mass is 461 g/mol. The third-order valence-electron chi connectivity index (χ3n) is 4.96. The molecular weight excluding hydrogens is 439 g/mol. The van der Waals surface area contributed by atoms with Crippen LogP contribution in [0.3, 0.4) is 0 Å². The standard InChI is InChI=1S/C21H22F3N7O2/c1-12-6-18(32)31(8-12)19-15(9-30(3)29-19)27-13(2)16-10-33-20(28-16)14-4-5-25-17(7-14)26-11-21(22,23)24/h4-5,7,9-10,12,27H,2,6,8,11H2,1,3H3,(H,25,26). The van der Waals surface area contributed by atoms with Gasteiger partial charge in [0.15, 0.2) is 5.82 Å². The zero-order chi connectivity index (χ0) is 23.8. The topological polar surface area (TPSA) is 101 Å². The zero-order valence-corrected chi connectivity index (χ0v) is 18.0. The second kappa shape index (κ2) is 8.60. The molecule has 0 bridgehead atoms. The number of anilines is 3. The Labute approximate surface area is 187 Å². The number of hydrogen-bond acceptors (Lipinski definition) is 7. The second-order valence-electron chi connectivity index (χ2n) is 7.89. The Morgan fingerprint density at radius 1 is 1.39 bits per heavy atom. The van der Waals surface area contributed by atoms with Crippen LogP contribution in [0.5, 0.6) is 0 Å². The van der Waals surface area contributed by atoms with E-state index < -0.39 is 12.7 Å². The molecule has 1 unspecified atom stereocenters. The summed E-state index contributed by atoms with van der Waals surface area (Å²) in [5, 5.41) is 9.75. The van der Waals surface area contributed by atoms with Crippen LogP contribution in [-0.2, 0) is 11.8 Å². The number of pyridine rings is 1. The number of aromatic nitrogens is 4. The van der Waals surface area contributed by atoms with Gasteiger partial charge in [-0.05, 0) is 18.1 Å². The van der Waals surface area contributed by atoms with Crippen LogP contribution in [0.15, 0.2) is 41.8 Å². The predicted octanol–water partition coefficient (Wildman–Crippen LogP) is 3.90. The number of oxazole rings is 1. The fourth-order valence-corrected chi connectivity index (χ4v) is 3.48. The van der Waals surface area contributed by atoms with Crippen LogP contribution >= 0.6 is 0 Å². The van der Waals surface area contributed by atoms with Crippen LogP contribution < -0.4 is 15.5 Å². The molecule has 0 radical (unpaired) electrons. The van der Waals surface area contributed by atoms with Gasteiger partial charge in [0.25, 0.3) is 0 Å². The van der Waals surface area contributed by atoms with E-state index in [2.05, 4.69) is 32.3 Å². The van der Waals surface area contributed by atoms with E-state index in [1.807, 2.05) is 6.92 Å². The normalized spacial score (nSPS) is 16.3. The molecule has 33 heavy (non-hydrogen) atoms. The molecular formula is C21H22F3N7O2. The summed E-state index contributed by atoms with van der Waals surface area (Å²) >= 11 is 0. The predicted molar refractivity (Wildman–Crippen MR) is 116 cm³/mol. The Hall–Kier alpha value is -3.83. The first-order valence-corrected chi connectivity index (χ1v) is 10.1.